The zero-order chi connectivity index (χ0) is 54.9. The van der Waals surface area contributed by atoms with Crippen molar-refractivity contribution in [3.05, 3.63) is 116 Å². The van der Waals surface area contributed by atoms with E-state index < -0.39 is 29.4 Å². The van der Waals surface area contributed by atoms with E-state index in [1.807, 2.05) is 57.3 Å². The number of aromatic nitrogens is 6. The molecule has 6 heterocycles. The largest absolute Gasteiger partial charge is 0.482 e. The maximum Gasteiger partial charge on any atom is 0.410 e. The zero-order valence-corrected chi connectivity index (χ0v) is 46.4. The fourth-order valence-corrected chi connectivity index (χ4v) is 9.35. The molecule has 6 aromatic rings. The fraction of sp³-hybridized carbons (Fsp3) is 0.434. The van der Waals surface area contributed by atoms with Crippen LogP contribution in [0.1, 0.15) is 117 Å². The predicted octanol–water partition coefficient (Wildman–Crippen LogP) is 14.0. The van der Waals surface area contributed by atoms with E-state index in [1.165, 1.54) is 24.3 Å². The number of piperidine rings is 2. The Hall–Kier alpha value is -6.08. The molecule has 0 saturated carbocycles. The third kappa shape index (κ3) is 16.0. The van der Waals surface area contributed by atoms with Crippen molar-refractivity contribution in [2.75, 3.05) is 37.6 Å². The van der Waals surface area contributed by atoms with E-state index in [2.05, 4.69) is 32.2 Å². The Morgan fingerprint density at radius 2 is 1.11 bits per heavy atom. The number of carbonyl (C=O) groups excluding carboxylic acids is 2. The van der Waals surface area contributed by atoms with Crippen molar-refractivity contribution in [2.24, 2.45) is 5.92 Å². The SMILES string of the molecule is CC(Oc1cc(-c2cn[nH]c2)cnc1N)c1c(Cl)ccc(F)c1Cl.CC(Oc1cc(-c2cnn(C3CCN(C(=O)OC(C)(C)C)CC3)c2)cnc1N)c1c(Cl)ccc(F)c1Cl.CC1CCN(C(=O)OC(C)(C)C)CC1. The number of hydrogen-bond donors (Lipinski definition) is 3. The number of likely N-dealkylation sites (tertiary alicyclic amines) is 2. The first-order valence-electron chi connectivity index (χ1n) is 24.4. The molecule has 16 nitrogen and oxygen atoms in total. The highest BCUT2D eigenvalue weighted by Crippen LogP contribution is 2.39. The van der Waals surface area contributed by atoms with Gasteiger partial charge in [-0.2, -0.15) is 10.2 Å². The van der Waals surface area contributed by atoms with Crippen LogP contribution in [0.15, 0.2) is 73.6 Å². The monoisotopic (exact) mass is 1110 g/mol. The summed E-state index contributed by atoms with van der Waals surface area (Å²) in [5.41, 5.74) is 14.9. The van der Waals surface area contributed by atoms with E-state index >= 15 is 0 Å². The molecule has 0 radical (unpaired) electrons. The Morgan fingerprint density at radius 1 is 0.667 bits per heavy atom. The third-order valence-electron chi connectivity index (χ3n) is 12.0. The average molecular weight is 1120 g/mol. The van der Waals surface area contributed by atoms with Gasteiger partial charge in [-0.05, 0) is 123 Å². The maximum absolute atomic E-state index is 14.0. The Balaban J connectivity index is 0.000000205. The molecule has 0 bridgehead atoms. The van der Waals surface area contributed by atoms with Crippen LogP contribution in [0.25, 0.3) is 22.3 Å². The summed E-state index contributed by atoms with van der Waals surface area (Å²) >= 11 is 24.5. The molecule has 22 heteroatoms. The van der Waals surface area contributed by atoms with Crippen LogP contribution in [0.2, 0.25) is 20.1 Å². The number of nitrogen functional groups attached to an aromatic ring is 2. The first-order valence-corrected chi connectivity index (χ1v) is 25.9. The summed E-state index contributed by atoms with van der Waals surface area (Å²) in [7, 11) is 0. The summed E-state index contributed by atoms with van der Waals surface area (Å²) in [4.78, 5) is 35.9. The number of nitrogens with one attached hydrogen (secondary N) is 1. The van der Waals surface area contributed by atoms with Gasteiger partial charge in [0.25, 0.3) is 0 Å². The van der Waals surface area contributed by atoms with Crippen molar-refractivity contribution < 1.29 is 37.3 Å². The number of hydrogen-bond acceptors (Lipinski definition) is 12. The minimum Gasteiger partial charge on any atom is -0.482 e. The third-order valence-corrected chi connectivity index (χ3v) is 13.5. The van der Waals surface area contributed by atoms with Gasteiger partial charge in [0.2, 0.25) is 0 Å². The highest BCUT2D eigenvalue weighted by atomic mass is 35.5. The summed E-state index contributed by atoms with van der Waals surface area (Å²) < 4.78 is 52.2. The maximum atomic E-state index is 14.0. The van der Waals surface area contributed by atoms with Crippen LogP contribution in [0.3, 0.4) is 0 Å². The van der Waals surface area contributed by atoms with Gasteiger partial charge in [-0.25, -0.2) is 28.3 Å². The number of nitrogens with zero attached hydrogens (tertiary/aromatic N) is 7. The second kappa shape index (κ2) is 25.2. The normalized spacial score (nSPS) is 15.2. The first-order chi connectivity index (χ1) is 35.3. The molecular formula is C53H64Cl4F2N10O6. The summed E-state index contributed by atoms with van der Waals surface area (Å²) in [6.45, 7) is 19.8. The minimum absolute atomic E-state index is 0.0764. The molecule has 0 spiro atoms. The number of carbonyl (C=O) groups is 2. The molecule has 2 saturated heterocycles. The van der Waals surface area contributed by atoms with Crippen LogP contribution in [-0.4, -0.2) is 89.3 Å². The second-order valence-corrected chi connectivity index (χ2v) is 21.9. The number of pyridine rings is 2. The molecule has 2 aromatic carbocycles. The number of anilines is 2. The Bertz CT molecular complexity index is 2900. The molecule has 4 aromatic heterocycles. The Kier molecular flexibility index (Phi) is 19.5. The molecule has 8 rings (SSSR count). The summed E-state index contributed by atoms with van der Waals surface area (Å²) in [5.74, 6) is 0.649. The van der Waals surface area contributed by atoms with E-state index in [-0.39, 0.29) is 45.5 Å². The highest BCUT2D eigenvalue weighted by Gasteiger charge is 2.29. The molecule has 2 unspecified atom stereocenters. The zero-order valence-electron chi connectivity index (χ0n) is 43.4. The molecular weight excluding hydrogens is 1050 g/mol. The van der Waals surface area contributed by atoms with Crippen molar-refractivity contribution >= 4 is 70.2 Å². The summed E-state index contributed by atoms with van der Waals surface area (Å²) in [5, 5.41) is 11.6. The minimum atomic E-state index is -0.673. The molecule has 5 N–H and O–H groups in total. The molecule has 2 fully saturated rings. The topological polar surface area (TPSA) is 202 Å². The van der Waals surface area contributed by atoms with Crippen molar-refractivity contribution in [1.82, 2.24) is 39.7 Å². The number of amides is 2. The van der Waals surface area contributed by atoms with Crippen LogP contribution >= 0.6 is 46.4 Å². The Morgan fingerprint density at radius 3 is 1.53 bits per heavy atom. The number of nitrogens with two attached hydrogens (primary N) is 2. The number of H-pyrrole nitrogens is 1. The molecule has 0 aliphatic carbocycles. The van der Waals surface area contributed by atoms with Gasteiger partial charge in [0.1, 0.15) is 35.0 Å². The molecule has 75 heavy (non-hydrogen) atoms. The van der Waals surface area contributed by atoms with E-state index in [0.29, 0.717) is 45.8 Å². The molecule has 2 atom stereocenters. The lowest BCUT2D eigenvalue weighted by Crippen LogP contribution is -2.42. The lowest BCUT2D eigenvalue weighted by Gasteiger charge is -2.33. The fourth-order valence-electron chi connectivity index (χ4n) is 8.00. The van der Waals surface area contributed by atoms with Gasteiger partial charge in [0.15, 0.2) is 23.1 Å². The van der Waals surface area contributed by atoms with Crippen molar-refractivity contribution in [3.63, 3.8) is 0 Å². The second-order valence-electron chi connectivity index (χ2n) is 20.3. The summed E-state index contributed by atoms with van der Waals surface area (Å²) in [6.07, 6.45) is 12.3. The first kappa shape index (κ1) is 58.2. The number of rotatable bonds is 9. The molecule has 2 amide bonds. The molecule has 404 valence electrons. The average Bonchev–Trinajstić information content (AvgIpc) is 4.07. The van der Waals surface area contributed by atoms with Crippen molar-refractivity contribution in [2.45, 2.75) is 117 Å². The highest BCUT2D eigenvalue weighted by molar-refractivity contribution is 6.36. The van der Waals surface area contributed by atoms with Crippen molar-refractivity contribution in [3.8, 4) is 33.8 Å². The van der Waals surface area contributed by atoms with Crippen LogP contribution in [0.5, 0.6) is 11.5 Å². The van der Waals surface area contributed by atoms with Gasteiger partial charge in [0.05, 0.1) is 28.5 Å². The number of halogens is 6. The van der Waals surface area contributed by atoms with Gasteiger partial charge >= 0.3 is 12.2 Å². The predicted molar refractivity (Wildman–Crippen MR) is 289 cm³/mol. The van der Waals surface area contributed by atoms with Crippen LogP contribution in [0.4, 0.5) is 30.0 Å². The van der Waals surface area contributed by atoms with Gasteiger partial charge in [-0.1, -0.05) is 53.3 Å². The van der Waals surface area contributed by atoms with Crippen molar-refractivity contribution in [1.29, 1.82) is 0 Å². The lowest BCUT2D eigenvalue weighted by atomic mass is 10.00. The van der Waals surface area contributed by atoms with Gasteiger partial charge in [-0.15, -0.1) is 0 Å². The quantitative estimate of drug-likeness (QED) is 0.116. The lowest BCUT2D eigenvalue weighted by molar-refractivity contribution is 0.0176. The molecule has 2 aliphatic rings. The smallest absolute Gasteiger partial charge is 0.410 e. The van der Waals surface area contributed by atoms with Gasteiger partial charge < -0.3 is 40.2 Å². The van der Waals surface area contributed by atoms with E-state index in [4.69, 9.17) is 76.8 Å². The standard InChI is InChI=1S/C26H30Cl2FN5O3.C16H13Cl2FN4O.C11H21NO2/c1-15(22-19(27)5-6-20(29)23(22)28)36-21-11-16(12-31-24(21)30)17-13-32-34(14-17)18-7-9-33(10-8-18)25(35)37-26(2,3)4;1-8(14-11(17)2-3-12(19)15(14)18)24-13-4-9(5-21-16(13)20)10-6-22-23-7-10;1-9-5-7-12(8-6-9)10(13)14-11(2,3)4/h5-6,11-15,18H,7-10H2,1-4H3,(H2,30,31);2-8H,1H3,(H2,20,21)(H,22,23);9H,5-8H2,1-4H3. The summed E-state index contributed by atoms with van der Waals surface area (Å²) in [6, 6.07) is 8.91. The van der Waals surface area contributed by atoms with Crippen LogP contribution < -0.4 is 20.9 Å². The number of benzene rings is 2. The van der Waals surface area contributed by atoms with E-state index in [1.54, 1.807) is 61.9 Å². The van der Waals surface area contributed by atoms with Gasteiger partial charge in [-0.3, -0.25) is 9.78 Å². The molecule has 2 aliphatic heterocycles. The number of aromatic amines is 1. The van der Waals surface area contributed by atoms with Crippen LogP contribution in [0, 0.1) is 17.6 Å². The van der Waals surface area contributed by atoms with E-state index in [9.17, 15) is 18.4 Å². The van der Waals surface area contributed by atoms with Gasteiger partial charge in [0, 0.05) is 94.4 Å². The van der Waals surface area contributed by atoms with E-state index in [0.717, 1.165) is 66.9 Å². The van der Waals surface area contributed by atoms with Crippen LogP contribution in [-0.2, 0) is 9.47 Å². The number of ether oxygens (including phenoxy) is 4. The Labute approximate surface area is 456 Å².